The number of para-hydroxylation sites is 2. The molecule has 4 aromatic rings. The first-order valence-electron chi connectivity index (χ1n) is 14.3. The summed E-state index contributed by atoms with van der Waals surface area (Å²) >= 11 is 1.50. The molecule has 44 heavy (non-hydrogen) atoms. The van der Waals surface area contributed by atoms with Gasteiger partial charge in [0.1, 0.15) is 18.3 Å². The summed E-state index contributed by atoms with van der Waals surface area (Å²) in [7, 11) is -2.71. The fourth-order valence-corrected chi connectivity index (χ4v) is 6.66. The van der Waals surface area contributed by atoms with Gasteiger partial charge in [-0.3, -0.25) is 13.9 Å². The van der Waals surface area contributed by atoms with E-state index in [0.717, 1.165) is 20.3 Å². The number of anilines is 1. The normalized spacial score (nSPS) is 11.8. The SMILES string of the molecule is CCOc1ccccc1N(CC(=O)N(Cc1ccccc1)[C@@H](Cc1ccccc1)C(=O)NC)S(=O)(=O)c1ccc(SC)cc1. The van der Waals surface area contributed by atoms with Crippen molar-refractivity contribution in [3.05, 3.63) is 120 Å². The lowest BCUT2D eigenvalue weighted by Crippen LogP contribution is -2.53. The number of nitrogens with one attached hydrogen (secondary N) is 1. The largest absolute Gasteiger partial charge is 0.492 e. The third-order valence-electron chi connectivity index (χ3n) is 7.07. The van der Waals surface area contributed by atoms with E-state index in [1.165, 1.54) is 35.8 Å². The van der Waals surface area contributed by atoms with Crippen molar-refractivity contribution in [2.24, 2.45) is 0 Å². The molecule has 0 bridgehead atoms. The van der Waals surface area contributed by atoms with Crippen molar-refractivity contribution in [2.75, 3.05) is 30.8 Å². The quantitative estimate of drug-likeness (QED) is 0.188. The van der Waals surface area contributed by atoms with E-state index in [-0.39, 0.29) is 29.5 Å². The molecule has 0 heterocycles. The van der Waals surface area contributed by atoms with E-state index in [1.807, 2.05) is 66.9 Å². The summed E-state index contributed by atoms with van der Waals surface area (Å²) in [6.07, 6.45) is 2.16. The molecule has 0 aliphatic rings. The number of hydrogen-bond acceptors (Lipinski definition) is 6. The predicted octanol–water partition coefficient (Wildman–Crippen LogP) is 5.39. The summed E-state index contributed by atoms with van der Waals surface area (Å²) in [6, 6.07) is 31.1. The van der Waals surface area contributed by atoms with E-state index in [0.29, 0.717) is 12.4 Å². The van der Waals surface area contributed by atoms with Gasteiger partial charge >= 0.3 is 0 Å². The maximum absolute atomic E-state index is 14.4. The van der Waals surface area contributed by atoms with Crippen LogP contribution in [0.5, 0.6) is 5.75 Å². The molecule has 10 heteroatoms. The first-order chi connectivity index (χ1) is 21.3. The average Bonchev–Trinajstić information content (AvgIpc) is 3.06. The summed E-state index contributed by atoms with van der Waals surface area (Å²) in [5, 5.41) is 2.70. The second kappa shape index (κ2) is 15.4. The van der Waals surface area contributed by atoms with Crippen molar-refractivity contribution in [3.63, 3.8) is 0 Å². The topological polar surface area (TPSA) is 96.0 Å². The van der Waals surface area contributed by atoms with Gasteiger partial charge in [-0.2, -0.15) is 0 Å². The fraction of sp³-hybridized carbons (Fsp3) is 0.235. The number of ether oxygens (including phenoxy) is 1. The number of benzene rings is 4. The Morgan fingerprint density at radius 2 is 1.43 bits per heavy atom. The average molecular weight is 632 g/mol. The van der Waals surface area contributed by atoms with Crippen molar-refractivity contribution >= 4 is 39.3 Å². The lowest BCUT2D eigenvalue weighted by molar-refractivity contribution is -0.139. The Balaban J connectivity index is 1.81. The minimum atomic E-state index is -4.24. The number of rotatable bonds is 14. The van der Waals surface area contributed by atoms with Crippen LogP contribution in [0.15, 0.2) is 119 Å². The van der Waals surface area contributed by atoms with Crippen LogP contribution in [0.4, 0.5) is 5.69 Å². The summed E-state index contributed by atoms with van der Waals surface area (Å²) in [5.41, 5.74) is 1.91. The highest BCUT2D eigenvalue weighted by Crippen LogP contribution is 2.33. The zero-order chi connectivity index (χ0) is 31.5. The number of carbonyl (C=O) groups excluding carboxylic acids is 2. The molecule has 0 aliphatic heterocycles. The van der Waals surface area contributed by atoms with E-state index < -0.39 is 28.5 Å². The van der Waals surface area contributed by atoms with Crippen LogP contribution in [-0.4, -0.2) is 57.6 Å². The van der Waals surface area contributed by atoms with Crippen LogP contribution in [0.3, 0.4) is 0 Å². The zero-order valence-electron chi connectivity index (χ0n) is 25.1. The van der Waals surface area contributed by atoms with Gasteiger partial charge in [0, 0.05) is 24.9 Å². The first kappa shape index (κ1) is 32.6. The molecule has 0 aliphatic carbocycles. The van der Waals surface area contributed by atoms with Gasteiger partial charge in [0.2, 0.25) is 11.8 Å². The van der Waals surface area contributed by atoms with Crippen LogP contribution >= 0.6 is 11.8 Å². The van der Waals surface area contributed by atoms with E-state index in [2.05, 4.69) is 5.32 Å². The Bertz CT molecular complexity index is 1630. The predicted molar refractivity (Wildman–Crippen MR) is 175 cm³/mol. The van der Waals surface area contributed by atoms with E-state index >= 15 is 0 Å². The van der Waals surface area contributed by atoms with Crippen LogP contribution < -0.4 is 14.4 Å². The Hall–Kier alpha value is -4.28. The second-order valence-electron chi connectivity index (χ2n) is 9.91. The third-order valence-corrected chi connectivity index (χ3v) is 9.59. The number of hydrogen-bond donors (Lipinski definition) is 1. The van der Waals surface area contributed by atoms with Gasteiger partial charge in [-0.05, 0) is 60.7 Å². The van der Waals surface area contributed by atoms with Crippen molar-refractivity contribution in [3.8, 4) is 5.75 Å². The molecular formula is C34H37N3O5S2. The Labute approximate surface area is 264 Å². The number of nitrogens with zero attached hydrogens (tertiary/aromatic N) is 2. The van der Waals surface area contributed by atoms with Crippen LogP contribution in [0, 0.1) is 0 Å². The molecule has 4 rings (SSSR count). The highest BCUT2D eigenvalue weighted by molar-refractivity contribution is 7.98. The Morgan fingerprint density at radius 1 is 0.841 bits per heavy atom. The smallest absolute Gasteiger partial charge is 0.264 e. The summed E-state index contributed by atoms with van der Waals surface area (Å²) in [6.45, 7) is 1.66. The molecule has 0 saturated heterocycles. The molecule has 0 unspecified atom stereocenters. The first-order valence-corrected chi connectivity index (χ1v) is 16.9. The highest BCUT2D eigenvalue weighted by atomic mass is 32.2. The van der Waals surface area contributed by atoms with Crippen molar-refractivity contribution < 1.29 is 22.7 Å². The summed E-state index contributed by atoms with van der Waals surface area (Å²) in [4.78, 5) is 30.2. The van der Waals surface area contributed by atoms with E-state index in [4.69, 9.17) is 4.74 Å². The Morgan fingerprint density at radius 3 is 2.02 bits per heavy atom. The summed E-state index contributed by atoms with van der Waals surface area (Å²) in [5.74, 6) is -0.558. The molecular weight excluding hydrogens is 595 g/mol. The van der Waals surface area contributed by atoms with Crippen LogP contribution in [0.1, 0.15) is 18.1 Å². The molecule has 0 fully saturated rings. The minimum Gasteiger partial charge on any atom is -0.492 e. The van der Waals surface area contributed by atoms with Gasteiger partial charge in [-0.1, -0.05) is 72.8 Å². The van der Waals surface area contributed by atoms with Gasteiger partial charge in [0.25, 0.3) is 10.0 Å². The lowest BCUT2D eigenvalue weighted by Gasteiger charge is -2.34. The molecule has 1 N–H and O–H groups in total. The third kappa shape index (κ3) is 8.00. The van der Waals surface area contributed by atoms with E-state index in [9.17, 15) is 18.0 Å². The number of likely N-dealkylation sites (N-methyl/N-ethyl adjacent to an activating group) is 1. The van der Waals surface area contributed by atoms with Crippen LogP contribution in [0.2, 0.25) is 0 Å². The van der Waals surface area contributed by atoms with Crippen molar-refractivity contribution in [1.29, 1.82) is 0 Å². The number of amides is 2. The van der Waals surface area contributed by atoms with E-state index in [1.54, 1.807) is 43.3 Å². The minimum absolute atomic E-state index is 0.0381. The molecule has 230 valence electrons. The highest BCUT2D eigenvalue weighted by Gasteiger charge is 2.35. The van der Waals surface area contributed by atoms with Gasteiger partial charge in [-0.25, -0.2) is 8.42 Å². The molecule has 8 nitrogen and oxygen atoms in total. The molecule has 4 aromatic carbocycles. The number of thioether (sulfide) groups is 1. The Kier molecular flexibility index (Phi) is 11.5. The van der Waals surface area contributed by atoms with Gasteiger partial charge in [0.05, 0.1) is 17.2 Å². The van der Waals surface area contributed by atoms with Crippen molar-refractivity contribution in [2.45, 2.75) is 35.7 Å². The van der Waals surface area contributed by atoms with Crippen LogP contribution in [0.25, 0.3) is 0 Å². The van der Waals surface area contributed by atoms with Gasteiger partial charge in [0.15, 0.2) is 0 Å². The molecule has 2 amide bonds. The monoisotopic (exact) mass is 631 g/mol. The molecule has 0 aromatic heterocycles. The fourth-order valence-electron chi connectivity index (χ4n) is 4.83. The van der Waals surface area contributed by atoms with Gasteiger partial charge in [-0.15, -0.1) is 11.8 Å². The molecule has 0 radical (unpaired) electrons. The maximum Gasteiger partial charge on any atom is 0.264 e. The molecule has 0 saturated carbocycles. The number of carbonyl (C=O) groups is 2. The number of sulfonamides is 1. The van der Waals surface area contributed by atoms with Crippen molar-refractivity contribution in [1.82, 2.24) is 10.2 Å². The maximum atomic E-state index is 14.4. The molecule has 0 spiro atoms. The standard InChI is InChI=1S/C34H37N3O5S2/c1-4-42-32-18-12-11-17-30(32)37(44(40,41)29-21-19-28(43-3)20-22-29)25-33(38)36(24-27-15-9-6-10-16-27)31(34(39)35-2)23-26-13-7-5-8-14-26/h5-22,31H,4,23-25H2,1-3H3,(H,35,39)/t31-/m0/s1. The summed E-state index contributed by atoms with van der Waals surface area (Å²) < 4.78 is 35.4. The lowest BCUT2D eigenvalue weighted by atomic mass is 10.0. The van der Waals surface area contributed by atoms with Gasteiger partial charge < -0.3 is 15.0 Å². The molecule has 1 atom stereocenters. The van der Waals surface area contributed by atoms with Crippen LogP contribution in [-0.2, 0) is 32.6 Å². The zero-order valence-corrected chi connectivity index (χ0v) is 26.7. The second-order valence-corrected chi connectivity index (χ2v) is 12.7.